The quantitative estimate of drug-likeness (QED) is 0.721. The van der Waals surface area contributed by atoms with Crippen molar-refractivity contribution in [3.05, 3.63) is 12.7 Å². The smallest absolute Gasteiger partial charge is 0.277 e. The van der Waals surface area contributed by atoms with Crippen LogP contribution in [0.25, 0.3) is 0 Å². The van der Waals surface area contributed by atoms with Crippen LogP contribution in [0.4, 0.5) is 8.78 Å². The Morgan fingerprint density at radius 1 is 1.69 bits per heavy atom. The van der Waals surface area contributed by atoms with Crippen LogP contribution in [-0.4, -0.2) is 39.7 Å². The van der Waals surface area contributed by atoms with Crippen LogP contribution in [0, 0.1) is 0 Å². The van der Waals surface area contributed by atoms with Gasteiger partial charge in [-0.25, -0.2) is 18.4 Å². The van der Waals surface area contributed by atoms with E-state index in [1.54, 1.807) is 0 Å². The lowest BCUT2D eigenvalue weighted by Crippen LogP contribution is -2.43. The van der Waals surface area contributed by atoms with E-state index >= 15 is 0 Å². The van der Waals surface area contributed by atoms with Crippen LogP contribution >= 0.6 is 0 Å². The molecule has 8 heteroatoms. The molecule has 6 nitrogen and oxygen atoms in total. The number of aromatic nitrogens is 3. The lowest BCUT2D eigenvalue weighted by atomic mass is 10.3. The number of alkyl halides is 2. The van der Waals surface area contributed by atoms with Crippen LogP contribution in [0.3, 0.4) is 0 Å². The van der Waals surface area contributed by atoms with E-state index in [1.165, 1.54) is 24.3 Å². The summed E-state index contributed by atoms with van der Waals surface area (Å²) >= 11 is 0. The molecule has 0 aliphatic heterocycles. The summed E-state index contributed by atoms with van der Waals surface area (Å²) in [6.07, 6.45) is 2.60. The molecule has 1 aromatic rings. The Bertz CT molecular complexity index is 340. The predicted octanol–water partition coefficient (Wildman–Crippen LogP) is -0.451. The molecule has 0 spiro atoms. The van der Waals surface area contributed by atoms with Gasteiger partial charge in [-0.2, -0.15) is 5.10 Å². The molecule has 3 N–H and O–H groups in total. The second-order valence-corrected chi connectivity index (χ2v) is 3.33. The fourth-order valence-electron chi connectivity index (χ4n) is 0.974. The Labute approximate surface area is 90.8 Å². The molecule has 0 bridgehead atoms. The normalized spacial score (nSPS) is 13.5. The SMILES string of the molecule is CC(C(=O)NCC(F)(F)CN)n1cncn1. The standard InChI is InChI=1S/C8H13F2N5O/c1-6(15-5-12-4-14-15)7(16)13-3-8(9,10)2-11/h4-6H,2-3,11H2,1H3,(H,13,16). The van der Waals surface area contributed by atoms with Gasteiger partial charge in [0.15, 0.2) is 0 Å². The Morgan fingerprint density at radius 2 is 2.38 bits per heavy atom. The number of nitrogens with two attached hydrogens (primary N) is 1. The molecule has 1 rings (SSSR count). The van der Waals surface area contributed by atoms with Gasteiger partial charge in [0, 0.05) is 0 Å². The van der Waals surface area contributed by atoms with Gasteiger partial charge in [-0.05, 0) is 6.92 Å². The molecule has 0 aliphatic carbocycles. The number of carbonyl (C=O) groups is 1. The number of hydrogen-bond acceptors (Lipinski definition) is 4. The third kappa shape index (κ3) is 3.23. The third-order valence-electron chi connectivity index (χ3n) is 2.03. The van der Waals surface area contributed by atoms with Crippen molar-refractivity contribution < 1.29 is 13.6 Å². The van der Waals surface area contributed by atoms with Crippen molar-refractivity contribution in [1.29, 1.82) is 0 Å². The van der Waals surface area contributed by atoms with Crippen molar-refractivity contribution >= 4 is 5.91 Å². The summed E-state index contributed by atoms with van der Waals surface area (Å²) < 4.78 is 26.8. The second kappa shape index (κ2) is 4.97. The van der Waals surface area contributed by atoms with Crippen LogP contribution < -0.4 is 11.1 Å². The summed E-state index contributed by atoms with van der Waals surface area (Å²) in [4.78, 5) is 15.1. The molecule has 0 radical (unpaired) electrons. The van der Waals surface area contributed by atoms with E-state index in [0.717, 1.165) is 0 Å². The van der Waals surface area contributed by atoms with Gasteiger partial charge in [0.2, 0.25) is 5.91 Å². The van der Waals surface area contributed by atoms with Gasteiger partial charge in [0.1, 0.15) is 18.7 Å². The van der Waals surface area contributed by atoms with Gasteiger partial charge in [0.05, 0.1) is 13.1 Å². The molecule has 0 saturated heterocycles. The van der Waals surface area contributed by atoms with Crippen LogP contribution in [0.1, 0.15) is 13.0 Å². The van der Waals surface area contributed by atoms with Gasteiger partial charge in [0.25, 0.3) is 5.92 Å². The fraction of sp³-hybridized carbons (Fsp3) is 0.625. The fourth-order valence-corrected chi connectivity index (χ4v) is 0.974. The Kier molecular flexibility index (Phi) is 3.88. The lowest BCUT2D eigenvalue weighted by Gasteiger charge is -2.17. The summed E-state index contributed by atoms with van der Waals surface area (Å²) in [6.45, 7) is -0.0447. The molecule has 90 valence electrons. The van der Waals surface area contributed by atoms with Crippen molar-refractivity contribution in [3.63, 3.8) is 0 Å². The highest BCUT2D eigenvalue weighted by Crippen LogP contribution is 2.09. The van der Waals surface area contributed by atoms with Gasteiger partial charge in [-0.15, -0.1) is 0 Å². The summed E-state index contributed by atoms with van der Waals surface area (Å²) in [5, 5.41) is 5.84. The van der Waals surface area contributed by atoms with E-state index in [0.29, 0.717) is 0 Å². The molecule has 1 atom stereocenters. The van der Waals surface area contributed by atoms with Gasteiger partial charge < -0.3 is 11.1 Å². The molecule has 1 unspecified atom stereocenters. The van der Waals surface area contributed by atoms with E-state index < -0.39 is 31.0 Å². The van der Waals surface area contributed by atoms with Crippen molar-refractivity contribution in [3.8, 4) is 0 Å². The van der Waals surface area contributed by atoms with E-state index in [9.17, 15) is 13.6 Å². The number of nitrogens with zero attached hydrogens (tertiary/aromatic N) is 3. The van der Waals surface area contributed by atoms with E-state index in [1.807, 2.05) is 0 Å². The predicted molar refractivity (Wildman–Crippen MR) is 51.7 cm³/mol. The maximum Gasteiger partial charge on any atom is 0.277 e. The zero-order valence-electron chi connectivity index (χ0n) is 8.73. The van der Waals surface area contributed by atoms with Crippen LogP contribution in [0.15, 0.2) is 12.7 Å². The molecular weight excluding hydrogens is 220 g/mol. The first-order chi connectivity index (χ1) is 7.46. The minimum atomic E-state index is -3.09. The molecule has 16 heavy (non-hydrogen) atoms. The lowest BCUT2D eigenvalue weighted by molar-refractivity contribution is -0.125. The highest BCUT2D eigenvalue weighted by atomic mass is 19.3. The second-order valence-electron chi connectivity index (χ2n) is 3.33. The van der Waals surface area contributed by atoms with Crippen LogP contribution in [0.5, 0.6) is 0 Å². The topological polar surface area (TPSA) is 85.8 Å². The molecule has 1 aromatic heterocycles. The Balaban J connectivity index is 2.47. The number of amides is 1. The minimum Gasteiger partial charge on any atom is -0.348 e. The summed E-state index contributed by atoms with van der Waals surface area (Å²) in [7, 11) is 0. The average Bonchev–Trinajstić information content (AvgIpc) is 2.78. The van der Waals surface area contributed by atoms with Crippen molar-refractivity contribution in [2.24, 2.45) is 5.73 Å². The number of rotatable bonds is 5. The summed E-state index contributed by atoms with van der Waals surface area (Å²) in [5.41, 5.74) is 4.83. The molecule has 1 amide bonds. The summed E-state index contributed by atoms with van der Waals surface area (Å²) in [5.74, 6) is -3.64. The van der Waals surface area contributed by atoms with Gasteiger partial charge in [-0.3, -0.25) is 4.79 Å². The largest absolute Gasteiger partial charge is 0.348 e. The number of halogens is 2. The zero-order valence-corrected chi connectivity index (χ0v) is 8.73. The van der Waals surface area contributed by atoms with E-state index in [4.69, 9.17) is 5.73 Å². The van der Waals surface area contributed by atoms with Crippen LogP contribution in [0.2, 0.25) is 0 Å². The molecule has 0 aromatic carbocycles. The third-order valence-corrected chi connectivity index (χ3v) is 2.03. The number of nitrogens with one attached hydrogen (secondary N) is 1. The van der Waals surface area contributed by atoms with Gasteiger partial charge in [-0.1, -0.05) is 0 Å². The highest BCUT2D eigenvalue weighted by Gasteiger charge is 2.28. The zero-order chi connectivity index (χ0) is 12.2. The Hall–Kier alpha value is -1.57. The van der Waals surface area contributed by atoms with Gasteiger partial charge >= 0.3 is 0 Å². The molecule has 0 fully saturated rings. The number of hydrogen-bond donors (Lipinski definition) is 2. The van der Waals surface area contributed by atoms with E-state index in [2.05, 4.69) is 15.4 Å². The first-order valence-electron chi connectivity index (χ1n) is 4.66. The molecule has 1 heterocycles. The maximum atomic E-state index is 12.7. The number of carbonyl (C=O) groups excluding carboxylic acids is 1. The maximum absolute atomic E-state index is 12.7. The first-order valence-corrected chi connectivity index (χ1v) is 4.66. The molecular formula is C8H13F2N5O. The highest BCUT2D eigenvalue weighted by molar-refractivity contribution is 5.79. The minimum absolute atomic E-state index is 0.557. The monoisotopic (exact) mass is 233 g/mol. The van der Waals surface area contributed by atoms with Crippen molar-refractivity contribution in [2.75, 3.05) is 13.1 Å². The Morgan fingerprint density at radius 3 is 2.88 bits per heavy atom. The molecule has 0 aliphatic rings. The average molecular weight is 233 g/mol. The molecule has 0 saturated carbocycles. The van der Waals surface area contributed by atoms with Crippen LogP contribution in [-0.2, 0) is 4.79 Å². The first kappa shape index (κ1) is 12.5. The van der Waals surface area contributed by atoms with Crippen molar-refractivity contribution in [2.45, 2.75) is 18.9 Å². The van der Waals surface area contributed by atoms with E-state index in [-0.39, 0.29) is 0 Å². The summed E-state index contributed by atoms with van der Waals surface area (Å²) in [6, 6.07) is -0.684. The van der Waals surface area contributed by atoms with Crippen molar-refractivity contribution in [1.82, 2.24) is 20.1 Å².